The van der Waals surface area contributed by atoms with Crippen LogP contribution in [0.2, 0.25) is 0 Å². The van der Waals surface area contributed by atoms with Crippen LogP contribution < -0.4 is 5.73 Å². The quantitative estimate of drug-likeness (QED) is 0.635. The molecular weight excluding hydrogens is 157 g/mol. The fourth-order valence-corrected chi connectivity index (χ4v) is 0.688. The van der Waals surface area contributed by atoms with Crippen molar-refractivity contribution in [2.45, 2.75) is 0 Å². The highest BCUT2D eigenvalue weighted by atomic mass is 19.1. The molecule has 12 heavy (non-hydrogen) atoms. The molecule has 0 aliphatic heterocycles. The summed E-state index contributed by atoms with van der Waals surface area (Å²) in [5, 5.41) is 8.18. The second-order valence-corrected chi connectivity index (χ2v) is 2.10. The summed E-state index contributed by atoms with van der Waals surface area (Å²) >= 11 is 0. The third-order valence-corrected chi connectivity index (χ3v) is 1.24. The first-order valence-electron chi connectivity index (χ1n) is 3.21. The van der Waals surface area contributed by atoms with Crippen LogP contribution in [0, 0.1) is 17.1 Å². The van der Waals surface area contributed by atoms with Gasteiger partial charge in [-0.3, -0.25) is 0 Å². The van der Waals surface area contributed by atoms with Gasteiger partial charge in [0.2, 0.25) is 0 Å². The highest BCUT2D eigenvalue weighted by Gasteiger charge is 1.97. The van der Waals surface area contributed by atoms with Gasteiger partial charge in [-0.25, -0.2) is 9.37 Å². The fourth-order valence-electron chi connectivity index (χ4n) is 0.688. The van der Waals surface area contributed by atoms with E-state index in [1.165, 1.54) is 24.4 Å². The summed E-state index contributed by atoms with van der Waals surface area (Å²) in [4.78, 5) is 3.57. The van der Waals surface area contributed by atoms with Gasteiger partial charge >= 0.3 is 0 Å². The van der Waals surface area contributed by atoms with Crippen LogP contribution in [0.15, 0.2) is 18.3 Å². The number of nitrogens with two attached hydrogens (primary N) is 1. The molecule has 2 N–H and O–H groups in total. The molecule has 0 saturated heterocycles. The lowest BCUT2D eigenvalue weighted by molar-refractivity contribution is 0.627. The van der Waals surface area contributed by atoms with Crippen molar-refractivity contribution in [3.05, 3.63) is 29.7 Å². The first kappa shape index (κ1) is 8.21. The lowest BCUT2D eigenvalue weighted by Crippen LogP contribution is -1.94. The van der Waals surface area contributed by atoms with Crippen LogP contribution in [-0.4, -0.2) is 4.98 Å². The number of rotatable bonds is 1. The molecule has 4 heteroatoms. The Morgan fingerprint density at radius 1 is 1.67 bits per heavy atom. The largest absolute Gasteiger partial charge is 0.381 e. The molecular formula is C8H6FN3. The summed E-state index contributed by atoms with van der Waals surface area (Å²) in [5.41, 5.74) is 5.66. The van der Waals surface area contributed by atoms with Gasteiger partial charge in [-0.2, -0.15) is 5.26 Å². The zero-order valence-corrected chi connectivity index (χ0v) is 6.16. The Kier molecular flexibility index (Phi) is 2.38. The molecule has 0 bridgehead atoms. The molecule has 1 heterocycles. The van der Waals surface area contributed by atoms with E-state index >= 15 is 0 Å². The maximum absolute atomic E-state index is 12.7. The van der Waals surface area contributed by atoms with Crippen molar-refractivity contribution >= 4 is 11.9 Å². The smallest absolute Gasteiger partial charge is 0.165 e. The summed E-state index contributed by atoms with van der Waals surface area (Å²) in [7, 11) is 0. The fraction of sp³-hybridized carbons (Fsp3) is 0. The molecule has 1 aromatic rings. The molecule has 0 unspecified atom stereocenters. The van der Waals surface area contributed by atoms with E-state index in [2.05, 4.69) is 4.98 Å². The molecule has 0 atom stereocenters. The summed E-state index contributed by atoms with van der Waals surface area (Å²) in [6.07, 6.45) is 4.09. The lowest BCUT2D eigenvalue weighted by atomic mass is 10.2. The van der Waals surface area contributed by atoms with Crippen LogP contribution in [0.25, 0.3) is 6.08 Å². The Morgan fingerprint density at radius 2 is 2.42 bits per heavy atom. The van der Waals surface area contributed by atoms with Crippen molar-refractivity contribution in [3.63, 3.8) is 0 Å². The van der Waals surface area contributed by atoms with E-state index < -0.39 is 5.82 Å². The van der Waals surface area contributed by atoms with Gasteiger partial charge in [0, 0.05) is 12.3 Å². The molecule has 0 aromatic carbocycles. The normalized spacial score (nSPS) is 10.0. The Hall–Kier alpha value is -1.89. The lowest BCUT2D eigenvalue weighted by Gasteiger charge is -1.95. The van der Waals surface area contributed by atoms with E-state index in [1.54, 1.807) is 6.07 Å². The number of aromatic nitrogens is 1. The molecule has 0 radical (unpaired) electrons. The molecule has 60 valence electrons. The first-order valence-corrected chi connectivity index (χ1v) is 3.21. The van der Waals surface area contributed by atoms with Gasteiger partial charge in [0.15, 0.2) is 11.6 Å². The Balaban J connectivity index is 2.99. The van der Waals surface area contributed by atoms with E-state index in [1.807, 2.05) is 0 Å². The standard InChI is InChI=1S/C8H6FN3/c9-7-4-6(2-1-3-10)5-12-8(7)11/h1-2,4-5H,(H2,11,12). The van der Waals surface area contributed by atoms with Gasteiger partial charge in [0.25, 0.3) is 0 Å². The monoisotopic (exact) mass is 163 g/mol. The van der Waals surface area contributed by atoms with E-state index in [-0.39, 0.29) is 5.82 Å². The number of hydrogen-bond donors (Lipinski definition) is 1. The molecule has 0 aliphatic rings. The molecule has 1 aromatic heterocycles. The minimum atomic E-state index is -0.574. The number of allylic oxidation sites excluding steroid dienone is 1. The Bertz CT molecular complexity index is 352. The third kappa shape index (κ3) is 1.80. The van der Waals surface area contributed by atoms with Gasteiger partial charge in [0.05, 0.1) is 6.07 Å². The molecule has 0 spiro atoms. The SMILES string of the molecule is N#CC=Cc1cnc(N)c(F)c1. The van der Waals surface area contributed by atoms with Gasteiger partial charge < -0.3 is 5.73 Å². The van der Waals surface area contributed by atoms with E-state index in [0.29, 0.717) is 5.56 Å². The summed E-state index contributed by atoms with van der Waals surface area (Å²) in [5.74, 6) is -0.709. The molecule has 1 rings (SSSR count). The Labute approximate surface area is 69.0 Å². The second kappa shape index (κ2) is 3.49. The maximum atomic E-state index is 12.7. The van der Waals surface area contributed by atoms with Crippen LogP contribution in [0.4, 0.5) is 10.2 Å². The highest BCUT2D eigenvalue weighted by Crippen LogP contribution is 2.09. The number of pyridine rings is 1. The molecule has 0 fully saturated rings. The van der Waals surface area contributed by atoms with E-state index in [9.17, 15) is 4.39 Å². The van der Waals surface area contributed by atoms with Crippen molar-refractivity contribution in [3.8, 4) is 6.07 Å². The number of halogens is 1. The summed E-state index contributed by atoms with van der Waals surface area (Å²) < 4.78 is 12.7. The Morgan fingerprint density at radius 3 is 3.00 bits per heavy atom. The van der Waals surface area contributed by atoms with Crippen molar-refractivity contribution in [1.29, 1.82) is 5.26 Å². The zero-order valence-electron chi connectivity index (χ0n) is 6.16. The number of nitrogen functional groups attached to an aromatic ring is 1. The predicted molar refractivity (Wildman–Crippen MR) is 43.3 cm³/mol. The van der Waals surface area contributed by atoms with Gasteiger partial charge in [-0.05, 0) is 17.7 Å². The van der Waals surface area contributed by atoms with Crippen molar-refractivity contribution in [1.82, 2.24) is 4.98 Å². The molecule has 0 aliphatic carbocycles. The number of hydrogen-bond acceptors (Lipinski definition) is 3. The topological polar surface area (TPSA) is 62.7 Å². The average molecular weight is 163 g/mol. The molecule has 0 amide bonds. The predicted octanol–water partition coefficient (Wildman–Crippen LogP) is 1.34. The molecule has 3 nitrogen and oxygen atoms in total. The van der Waals surface area contributed by atoms with Crippen LogP contribution >= 0.6 is 0 Å². The number of anilines is 1. The summed E-state index contributed by atoms with van der Waals surface area (Å²) in [6, 6.07) is 3.01. The third-order valence-electron chi connectivity index (χ3n) is 1.24. The summed E-state index contributed by atoms with van der Waals surface area (Å²) in [6.45, 7) is 0. The van der Waals surface area contributed by atoms with Crippen LogP contribution in [-0.2, 0) is 0 Å². The van der Waals surface area contributed by atoms with Gasteiger partial charge in [-0.15, -0.1) is 0 Å². The van der Waals surface area contributed by atoms with Crippen LogP contribution in [0.3, 0.4) is 0 Å². The highest BCUT2D eigenvalue weighted by molar-refractivity contribution is 5.52. The van der Waals surface area contributed by atoms with E-state index in [4.69, 9.17) is 11.0 Å². The van der Waals surface area contributed by atoms with Crippen LogP contribution in [0.5, 0.6) is 0 Å². The first-order chi connectivity index (χ1) is 5.74. The minimum Gasteiger partial charge on any atom is -0.381 e. The maximum Gasteiger partial charge on any atom is 0.165 e. The van der Waals surface area contributed by atoms with Crippen molar-refractivity contribution in [2.75, 3.05) is 5.73 Å². The second-order valence-electron chi connectivity index (χ2n) is 2.10. The van der Waals surface area contributed by atoms with Gasteiger partial charge in [-0.1, -0.05) is 0 Å². The molecule has 0 saturated carbocycles. The number of nitrogens with zero attached hydrogens (tertiary/aromatic N) is 2. The van der Waals surface area contributed by atoms with Crippen molar-refractivity contribution in [2.24, 2.45) is 0 Å². The van der Waals surface area contributed by atoms with Gasteiger partial charge in [0.1, 0.15) is 0 Å². The average Bonchev–Trinajstić information content (AvgIpc) is 2.07. The van der Waals surface area contributed by atoms with Crippen LogP contribution in [0.1, 0.15) is 5.56 Å². The zero-order chi connectivity index (χ0) is 8.97. The minimum absolute atomic E-state index is 0.135. The number of nitriles is 1. The van der Waals surface area contributed by atoms with E-state index in [0.717, 1.165) is 0 Å². The van der Waals surface area contributed by atoms with Crippen molar-refractivity contribution < 1.29 is 4.39 Å².